The fraction of sp³-hybridized carbons (Fsp3) is 0.214. The fourth-order valence-corrected chi connectivity index (χ4v) is 2.75. The standard InChI is InChI=1S/C14H16N4O3S/c1-10-3-5-12(6-4-10)22(20,21)17-14-16-7-11(2)8-18(14)9-13(15)19/h3-8H,9H2,1-2H3,(H2,15,19). The number of carbonyl (C=O) groups is 1. The lowest BCUT2D eigenvalue weighted by atomic mass is 10.2. The van der Waals surface area contributed by atoms with Gasteiger partial charge in [0.2, 0.25) is 11.5 Å². The predicted octanol–water partition coefficient (Wildman–Crippen LogP) is 0.275. The minimum atomic E-state index is -3.91. The molecular formula is C14H16N4O3S. The monoisotopic (exact) mass is 320 g/mol. The van der Waals surface area contributed by atoms with Crippen molar-refractivity contribution in [2.75, 3.05) is 0 Å². The number of hydrogen-bond donors (Lipinski definition) is 1. The molecule has 8 heteroatoms. The summed E-state index contributed by atoms with van der Waals surface area (Å²) in [5.41, 5.74) is 6.76. The summed E-state index contributed by atoms with van der Waals surface area (Å²) in [6.07, 6.45) is 3.04. The molecule has 0 unspecified atom stereocenters. The second kappa shape index (κ2) is 6.10. The highest BCUT2D eigenvalue weighted by Crippen LogP contribution is 2.12. The van der Waals surface area contributed by atoms with E-state index in [0.29, 0.717) is 0 Å². The van der Waals surface area contributed by atoms with Crippen LogP contribution in [0.5, 0.6) is 0 Å². The summed E-state index contributed by atoms with van der Waals surface area (Å²) in [5.74, 6) is -0.610. The quantitative estimate of drug-likeness (QED) is 0.872. The number of sulfonamides is 1. The molecule has 0 fully saturated rings. The van der Waals surface area contributed by atoms with Gasteiger partial charge < -0.3 is 10.3 Å². The third-order valence-electron chi connectivity index (χ3n) is 2.85. The summed E-state index contributed by atoms with van der Waals surface area (Å²) in [4.78, 5) is 15.1. The number of benzene rings is 1. The molecule has 0 atom stereocenters. The van der Waals surface area contributed by atoms with Gasteiger partial charge >= 0.3 is 0 Å². The van der Waals surface area contributed by atoms with Crippen LogP contribution in [0.1, 0.15) is 11.1 Å². The predicted molar refractivity (Wildman–Crippen MR) is 80.1 cm³/mol. The minimum absolute atomic E-state index is 0.0612. The molecule has 0 saturated carbocycles. The van der Waals surface area contributed by atoms with Gasteiger partial charge in [-0.15, -0.1) is 4.40 Å². The Labute approximate surface area is 128 Å². The van der Waals surface area contributed by atoms with Gasteiger partial charge in [-0.3, -0.25) is 4.79 Å². The topological polar surface area (TPSA) is 107 Å². The van der Waals surface area contributed by atoms with E-state index in [4.69, 9.17) is 5.73 Å². The van der Waals surface area contributed by atoms with Crippen molar-refractivity contribution < 1.29 is 13.2 Å². The fourth-order valence-electron chi connectivity index (χ4n) is 1.80. The van der Waals surface area contributed by atoms with Crippen molar-refractivity contribution in [1.82, 2.24) is 9.55 Å². The molecule has 116 valence electrons. The second-order valence-electron chi connectivity index (χ2n) is 4.90. The third-order valence-corrected chi connectivity index (χ3v) is 4.12. The molecule has 0 aliphatic rings. The summed E-state index contributed by atoms with van der Waals surface area (Å²) < 4.78 is 29.6. The normalized spacial score (nSPS) is 12.4. The number of aromatic nitrogens is 2. The van der Waals surface area contributed by atoms with Gasteiger partial charge in [0.1, 0.15) is 6.54 Å². The lowest BCUT2D eigenvalue weighted by Gasteiger charge is -2.05. The van der Waals surface area contributed by atoms with Crippen LogP contribution in [0.25, 0.3) is 0 Å². The van der Waals surface area contributed by atoms with Crippen LogP contribution >= 0.6 is 0 Å². The summed E-state index contributed by atoms with van der Waals surface area (Å²) in [6.45, 7) is 3.43. The zero-order chi connectivity index (χ0) is 16.3. The molecular weight excluding hydrogens is 304 g/mol. The lowest BCUT2D eigenvalue weighted by Crippen LogP contribution is -2.31. The average molecular weight is 320 g/mol. The van der Waals surface area contributed by atoms with Crippen molar-refractivity contribution in [2.45, 2.75) is 25.3 Å². The maximum Gasteiger partial charge on any atom is 0.285 e. The molecule has 0 saturated heterocycles. The number of carbonyl (C=O) groups excluding carboxylic acids is 1. The van der Waals surface area contributed by atoms with Gasteiger partial charge in [-0.2, -0.15) is 8.42 Å². The molecule has 0 bridgehead atoms. The number of rotatable bonds is 4. The molecule has 1 heterocycles. The highest BCUT2D eigenvalue weighted by Gasteiger charge is 2.13. The third kappa shape index (κ3) is 3.79. The van der Waals surface area contributed by atoms with Gasteiger partial charge in [0.25, 0.3) is 10.0 Å². The van der Waals surface area contributed by atoms with Crippen LogP contribution in [-0.2, 0) is 21.4 Å². The van der Waals surface area contributed by atoms with E-state index in [1.54, 1.807) is 25.3 Å². The SMILES string of the molecule is Cc1ccc(S(=O)(=O)N=c2ncc(C)cn2CC(N)=O)cc1. The van der Waals surface area contributed by atoms with E-state index in [9.17, 15) is 13.2 Å². The maximum atomic E-state index is 12.3. The summed E-state index contributed by atoms with van der Waals surface area (Å²) in [7, 11) is -3.91. The van der Waals surface area contributed by atoms with Crippen LogP contribution in [0, 0.1) is 13.8 Å². The first kappa shape index (κ1) is 15.9. The first-order valence-electron chi connectivity index (χ1n) is 6.47. The second-order valence-corrected chi connectivity index (χ2v) is 6.51. The van der Waals surface area contributed by atoms with Crippen molar-refractivity contribution in [3.05, 3.63) is 53.4 Å². The maximum absolute atomic E-state index is 12.3. The zero-order valence-electron chi connectivity index (χ0n) is 12.2. The highest BCUT2D eigenvalue weighted by molar-refractivity contribution is 7.90. The Morgan fingerprint density at radius 2 is 1.86 bits per heavy atom. The Morgan fingerprint density at radius 1 is 1.23 bits per heavy atom. The number of nitrogens with two attached hydrogens (primary N) is 1. The molecule has 7 nitrogen and oxygen atoms in total. The molecule has 2 rings (SSSR count). The largest absolute Gasteiger partial charge is 0.368 e. The van der Waals surface area contributed by atoms with Crippen molar-refractivity contribution in [3.8, 4) is 0 Å². The van der Waals surface area contributed by atoms with E-state index >= 15 is 0 Å². The molecule has 0 aliphatic carbocycles. The Morgan fingerprint density at radius 3 is 2.45 bits per heavy atom. The molecule has 2 aromatic rings. The van der Waals surface area contributed by atoms with Gasteiger partial charge in [-0.1, -0.05) is 17.7 Å². The molecule has 0 aliphatic heterocycles. The number of amides is 1. The molecule has 2 N–H and O–H groups in total. The minimum Gasteiger partial charge on any atom is -0.368 e. The van der Waals surface area contributed by atoms with Crippen LogP contribution in [0.4, 0.5) is 0 Å². The molecule has 0 spiro atoms. The number of aryl methyl sites for hydroxylation is 2. The zero-order valence-corrected chi connectivity index (χ0v) is 13.0. The Balaban J connectivity index is 2.56. The van der Waals surface area contributed by atoms with E-state index in [-0.39, 0.29) is 17.1 Å². The van der Waals surface area contributed by atoms with Crippen molar-refractivity contribution in [1.29, 1.82) is 0 Å². The number of primary amides is 1. The molecule has 1 aromatic carbocycles. The summed E-state index contributed by atoms with van der Waals surface area (Å²) >= 11 is 0. The Hall–Kier alpha value is -2.48. The van der Waals surface area contributed by atoms with E-state index in [0.717, 1.165) is 11.1 Å². The van der Waals surface area contributed by atoms with Crippen LogP contribution in [0.3, 0.4) is 0 Å². The first-order chi connectivity index (χ1) is 10.3. The van der Waals surface area contributed by atoms with Gasteiger partial charge in [-0.25, -0.2) is 4.98 Å². The van der Waals surface area contributed by atoms with Crippen LogP contribution in [0.15, 0.2) is 46.0 Å². The molecule has 1 amide bonds. The summed E-state index contributed by atoms with van der Waals surface area (Å²) in [6, 6.07) is 6.31. The van der Waals surface area contributed by atoms with Gasteiger partial charge in [0.05, 0.1) is 4.90 Å². The summed E-state index contributed by atoms with van der Waals surface area (Å²) in [5, 5.41) is 0. The van der Waals surface area contributed by atoms with Gasteiger partial charge in [-0.05, 0) is 31.5 Å². The average Bonchev–Trinajstić information content (AvgIpc) is 2.41. The van der Waals surface area contributed by atoms with Crippen molar-refractivity contribution in [3.63, 3.8) is 0 Å². The molecule has 22 heavy (non-hydrogen) atoms. The number of nitrogens with zero attached hydrogens (tertiary/aromatic N) is 3. The van der Waals surface area contributed by atoms with E-state index in [1.165, 1.54) is 22.9 Å². The van der Waals surface area contributed by atoms with E-state index in [1.807, 2.05) is 6.92 Å². The Kier molecular flexibility index (Phi) is 4.41. The smallest absolute Gasteiger partial charge is 0.285 e. The van der Waals surface area contributed by atoms with Crippen LogP contribution in [0.2, 0.25) is 0 Å². The van der Waals surface area contributed by atoms with Crippen molar-refractivity contribution >= 4 is 15.9 Å². The lowest BCUT2D eigenvalue weighted by molar-refractivity contribution is -0.118. The van der Waals surface area contributed by atoms with Crippen LogP contribution in [-0.4, -0.2) is 23.9 Å². The highest BCUT2D eigenvalue weighted by atomic mass is 32.2. The van der Waals surface area contributed by atoms with Gasteiger partial charge in [0.15, 0.2) is 0 Å². The van der Waals surface area contributed by atoms with E-state index in [2.05, 4.69) is 9.38 Å². The van der Waals surface area contributed by atoms with E-state index < -0.39 is 15.9 Å². The number of hydrogen-bond acceptors (Lipinski definition) is 4. The Bertz CT molecular complexity index is 868. The first-order valence-corrected chi connectivity index (χ1v) is 7.91. The molecule has 0 radical (unpaired) electrons. The molecule has 1 aromatic heterocycles. The van der Waals surface area contributed by atoms with Crippen LogP contribution < -0.4 is 11.4 Å². The van der Waals surface area contributed by atoms with Gasteiger partial charge in [0, 0.05) is 12.4 Å². The van der Waals surface area contributed by atoms with Crippen molar-refractivity contribution in [2.24, 2.45) is 10.1 Å².